The first-order valence-electron chi connectivity index (χ1n) is 8.39. The molecule has 0 aliphatic carbocycles. The highest BCUT2D eigenvalue weighted by Gasteiger charge is 2.36. The predicted molar refractivity (Wildman–Crippen MR) is 102 cm³/mol. The molecule has 26 heavy (non-hydrogen) atoms. The molecular formula is C19H22N2O4S. The molecule has 1 aromatic carbocycles. The lowest BCUT2D eigenvalue weighted by atomic mass is 10.1. The van der Waals surface area contributed by atoms with Crippen LogP contribution in [0.4, 0.5) is 5.69 Å². The fraction of sp³-hybridized carbons (Fsp3) is 0.368. The summed E-state index contributed by atoms with van der Waals surface area (Å²) in [5.41, 5.74) is 0.801. The molecule has 1 saturated heterocycles. The van der Waals surface area contributed by atoms with E-state index in [1.54, 1.807) is 41.7 Å². The number of carbonyl (C=O) groups is 2. The van der Waals surface area contributed by atoms with Crippen LogP contribution in [0.15, 0.2) is 40.8 Å². The molecule has 2 aromatic rings. The van der Waals surface area contributed by atoms with Gasteiger partial charge < -0.3 is 19.0 Å². The largest absolute Gasteiger partial charge is 0.497 e. The molecule has 0 radical (unpaired) electrons. The van der Waals surface area contributed by atoms with Crippen molar-refractivity contribution in [2.24, 2.45) is 0 Å². The van der Waals surface area contributed by atoms with Crippen LogP contribution in [0.1, 0.15) is 23.2 Å². The Kier molecular flexibility index (Phi) is 5.56. The van der Waals surface area contributed by atoms with Crippen LogP contribution in [0.3, 0.4) is 0 Å². The molecule has 138 valence electrons. The first-order valence-corrected chi connectivity index (χ1v) is 9.78. The predicted octanol–water partition coefficient (Wildman–Crippen LogP) is 3.03. The van der Waals surface area contributed by atoms with Crippen LogP contribution in [-0.2, 0) is 10.5 Å². The Morgan fingerprint density at radius 3 is 2.62 bits per heavy atom. The van der Waals surface area contributed by atoms with Crippen molar-refractivity contribution in [1.82, 2.24) is 4.90 Å². The van der Waals surface area contributed by atoms with Crippen molar-refractivity contribution < 1.29 is 18.7 Å². The molecule has 2 amide bonds. The van der Waals surface area contributed by atoms with E-state index in [0.29, 0.717) is 18.8 Å². The second kappa shape index (κ2) is 7.86. The topological polar surface area (TPSA) is 63.0 Å². The lowest BCUT2D eigenvalue weighted by Crippen LogP contribution is -2.57. The summed E-state index contributed by atoms with van der Waals surface area (Å²) in [6, 6.07) is 10.3. The summed E-state index contributed by atoms with van der Waals surface area (Å²) >= 11 is 1.63. The molecule has 1 unspecified atom stereocenters. The van der Waals surface area contributed by atoms with Gasteiger partial charge in [0.1, 0.15) is 17.6 Å². The third-order valence-electron chi connectivity index (χ3n) is 4.46. The summed E-state index contributed by atoms with van der Waals surface area (Å²) in [5, 5.41) is 0. The van der Waals surface area contributed by atoms with Gasteiger partial charge >= 0.3 is 0 Å². The number of carbonyl (C=O) groups excluding carboxylic acids is 2. The Hall–Kier alpha value is -2.41. The molecule has 7 heteroatoms. The monoisotopic (exact) mass is 374 g/mol. The zero-order valence-electron chi connectivity index (χ0n) is 15.1. The highest BCUT2D eigenvalue weighted by atomic mass is 32.2. The van der Waals surface area contributed by atoms with Crippen molar-refractivity contribution in [3.05, 3.63) is 47.9 Å². The van der Waals surface area contributed by atoms with Gasteiger partial charge in [0, 0.05) is 18.8 Å². The van der Waals surface area contributed by atoms with Gasteiger partial charge in [-0.15, -0.1) is 0 Å². The summed E-state index contributed by atoms with van der Waals surface area (Å²) < 4.78 is 10.8. The van der Waals surface area contributed by atoms with Crippen LogP contribution in [-0.4, -0.2) is 49.2 Å². The van der Waals surface area contributed by atoms with Crippen LogP contribution in [0.5, 0.6) is 5.75 Å². The van der Waals surface area contributed by atoms with E-state index in [1.807, 2.05) is 36.6 Å². The standard InChI is InChI=1S/C19H22N2O4S/c1-13-18(22)21(14-4-6-15(24-2)7-5-14)11-10-20(13)19(23)17-9-8-16(25-17)12-26-3/h4-9,13H,10-12H2,1-3H3. The average molecular weight is 374 g/mol. The summed E-state index contributed by atoms with van der Waals surface area (Å²) in [5.74, 6) is 2.15. The quantitative estimate of drug-likeness (QED) is 0.805. The zero-order chi connectivity index (χ0) is 18.7. The normalized spacial score (nSPS) is 17.5. The van der Waals surface area contributed by atoms with Gasteiger partial charge in [-0.3, -0.25) is 9.59 Å². The molecule has 0 N–H and O–H groups in total. The van der Waals surface area contributed by atoms with Gasteiger partial charge in [-0.2, -0.15) is 11.8 Å². The number of hydrogen-bond acceptors (Lipinski definition) is 5. The van der Waals surface area contributed by atoms with E-state index in [-0.39, 0.29) is 17.6 Å². The van der Waals surface area contributed by atoms with E-state index in [0.717, 1.165) is 17.2 Å². The van der Waals surface area contributed by atoms with Gasteiger partial charge in [0.05, 0.1) is 12.9 Å². The fourth-order valence-corrected chi connectivity index (χ4v) is 3.46. The van der Waals surface area contributed by atoms with Gasteiger partial charge in [0.25, 0.3) is 5.91 Å². The minimum Gasteiger partial charge on any atom is -0.497 e. The lowest BCUT2D eigenvalue weighted by molar-refractivity contribution is -0.124. The smallest absolute Gasteiger partial charge is 0.290 e. The average Bonchev–Trinajstić information content (AvgIpc) is 3.12. The molecule has 0 saturated carbocycles. The summed E-state index contributed by atoms with van der Waals surface area (Å²) in [6.45, 7) is 2.65. The first-order chi connectivity index (χ1) is 12.5. The lowest BCUT2D eigenvalue weighted by Gasteiger charge is -2.38. The minimum atomic E-state index is -0.549. The highest BCUT2D eigenvalue weighted by molar-refractivity contribution is 7.97. The summed E-state index contributed by atoms with van der Waals surface area (Å²) in [4.78, 5) is 28.8. The third-order valence-corrected chi connectivity index (χ3v) is 5.03. The molecule has 1 fully saturated rings. The van der Waals surface area contributed by atoms with E-state index in [4.69, 9.17) is 9.15 Å². The SMILES string of the molecule is COc1ccc(N2CCN(C(=O)c3ccc(CSC)o3)C(C)C2=O)cc1. The van der Waals surface area contributed by atoms with E-state index in [1.165, 1.54) is 0 Å². The summed E-state index contributed by atoms with van der Waals surface area (Å²) in [6.07, 6.45) is 1.98. The number of nitrogens with zero attached hydrogens (tertiary/aromatic N) is 2. The number of methoxy groups -OCH3 is 1. The van der Waals surface area contributed by atoms with Crippen LogP contribution in [0.2, 0.25) is 0 Å². The van der Waals surface area contributed by atoms with Crippen molar-refractivity contribution in [2.75, 3.05) is 31.4 Å². The van der Waals surface area contributed by atoms with Gasteiger partial charge in [-0.1, -0.05) is 0 Å². The number of ether oxygens (including phenoxy) is 1. The van der Waals surface area contributed by atoms with Crippen molar-refractivity contribution in [1.29, 1.82) is 0 Å². The number of amides is 2. The van der Waals surface area contributed by atoms with Gasteiger partial charge in [0.15, 0.2) is 5.76 Å². The molecule has 0 bridgehead atoms. The molecule has 3 rings (SSSR count). The van der Waals surface area contributed by atoms with Crippen molar-refractivity contribution in [2.45, 2.75) is 18.7 Å². The Morgan fingerprint density at radius 1 is 1.23 bits per heavy atom. The van der Waals surface area contributed by atoms with E-state index in [2.05, 4.69) is 0 Å². The Bertz CT molecular complexity index is 787. The Labute approximate surface area is 157 Å². The maximum absolute atomic E-state index is 12.8. The highest BCUT2D eigenvalue weighted by Crippen LogP contribution is 2.24. The first kappa shape index (κ1) is 18.4. The number of rotatable bonds is 5. The van der Waals surface area contributed by atoms with Crippen molar-refractivity contribution in [3.8, 4) is 5.75 Å². The van der Waals surface area contributed by atoms with Crippen LogP contribution in [0.25, 0.3) is 0 Å². The van der Waals surface area contributed by atoms with Gasteiger partial charge in [-0.25, -0.2) is 0 Å². The van der Waals surface area contributed by atoms with Crippen LogP contribution in [0, 0.1) is 0 Å². The molecule has 6 nitrogen and oxygen atoms in total. The molecule has 1 aliphatic rings. The molecule has 1 atom stereocenters. The maximum Gasteiger partial charge on any atom is 0.290 e. The third kappa shape index (κ3) is 3.58. The molecule has 1 aromatic heterocycles. The second-order valence-corrected chi connectivity index (χ2v) is 6.93. The van der Waals surface area contributed by atoms with Gasteiger partial charge in [0.2, 0.25) is 5.91 Å². The van der Waals surface area contributed by atoms with E-state index >= 15 is 0 Å². The molecule has 2 heterocycles. The maximum atomic E-state index is 12.8. The number of furan rings is 1. The molecular weight excluding hydrogens is 352 g/mol. The number of thioether (sulfide) groups is 1. The number of hydrogen-bond donors (Lipinski definition) is 0. The Morgan fingerprint density at radius 2 is 1.96 bits per heavy atom. The number of benzene rings is 1. The second-order valence-electron chi connectivity index (χ2n) is 6.06. The van der Waals surface area contributed by atoms with E-state index in [9.17, 15) is 9.59 Å². The van der Waals surface area contributed by atoms with Crippen molar-refractivity contribution in [3.63, 3.8) is 0 Å². The van der Waals surface area contributed by atoms with E-state index < -0.39 is 6.04 Å². The number of anilines is 1. The number of piperazine rings is 1. The molecule has 0 spiro atoms. The fourth-order valence-electron chi connectivity index (χ4n) is 3.02. The van der Waals surface area contributed by atoms with Crippen molar-refractivity contribution >= 4 is 29.3 Å². The zero-order valence-corrected chi connectivity index (χ0v) is 15.9. The van der Waals surface area contributed by atoms with Crippen LogP contribution < -0.4 is 9.64 Å². The minimum absolute atomic E-state index is 0.106. The van der Waals surface area contributed by atoms with Gasteiger partial charge in [-0.05, 0) is 49.6 Å². The molecule has 1 aliphatic heterocycles. The Balaban J connectivity index is 1.72. The van der Waals surface area contributed by atoms with Crippen LogP contribution >= 0.6 is 11.8 Å². The summed E-state index contributed by atoms with van der Waals surface area (Å²) in [7, 11) is 1.60.